The minimum Gasteiger partial charge on any atom is -0.347 e. The number of rotatable bonds is 5. The Morgan fingerprint density at radius 2 is 2.00 bits per heavy atom. The molecule has 130 valence electrons. The number of hydrogen-bond donors (Lipinski definition) is 2. The Hall–Kier alpha value is -2.70. The van der Waals surface area contributed by atoms with Gasteiger partial charge in [0.1, 0.15) is 12.7 Å². The number of carbonyl (C=O) groups is 2. The zero-order chi connectivity index (χ0) is 17.2. The number of anilines is 1. The maximum atomic E-state index is 12.3. The van der Waals surface area contributed by atoms with Gasteiger partial charge in [-0.25, -0.2) is 9.67 Å². The summed E-state index contributed by atoms with van der Waals surface area (Å²) in [5.74, 6) is 1.16. The van der Waals surface area contributed by atoms with Gasteiger partial charge in [-0.15, -0.1) is 0 Å². The van der Waals surface area contributed by atoms with Crippen molar-refractivity contribution in [3.05, 3.63) is 36.9 Å². The van der Waals surface area contributed by atoms with Crippen LogP contribution < -0.4 is 10.6 Å². The first-order valence-electron chi connectivity index (χ1n) is 8.71. The topological polar surface area (TPSA) is 88.9 Å². The summed E-state index contributed by atoms with van der Waals surface area (Å²) in [5.41, 5.74) is 1.54. The Kier molecular flexibility index (Phi) is 4.21. The molecule has 2 aliphatic rings. The Morgan fingerprint density at radius 3 is 2.64 bits per heavy atom. The third kappa shape index (κ3) is 3.40. The van der Waals surface area contributed by atoms with Crippen LogP contribution in [-0.2, 0) is 9.59 Å². The van der Waals surface area contributed by atoms with Crippen LogP contribution in [-0.4, -0.2) is 33.1 Å². The molecule has 2 fully saturated rings. The molecule has 1 heterocycles. The molecule has 2 saturated carbocycles. The average Bonchev–Trinajstić information content (AvgIpc) is 3.37. The lowest BCUT2D eigenvalue weighted by atomic mass is 9.88. The van der Waals surface area contributed by atoms with Crippen LogP contribution in [0.1, 0.15) is 25.7 Å². The van der Waals surface area contributed by atoms with E-state index in [9.17, 15) is 9.59 Å². The highest BCUT2D eigenvalue weighted by molar-refractivity contribution is 5.94. The van der Waals surface area contributed by atoms with Crippen LogP contribution in [0.2, 0.25) is 0 Å². The predicted octanol–water partition coefficient (Wildman–Crippen LogP) is 1.76. The van der Waals surface area contributed by atoms with Crippen molar-refractivity contribution in [2.24, 2.45) is 17.8 Å². The van der Waals surface area contributed by atoms with E-state index in [1.54, 1.807) is 23.1 Å². The number of nitrogens with one attached hydrogen (secondary N) is 2. The molecule has 25 heavy (non-hydrogen) atoms. The van der Waals surface area contributed by atoms with E-state index in [1.165, 1.54) is 19.2 Å². The van der Waals surface area contributed by atoms with Crippen molar-refractivity contribution < 1.29 is 9.59 Å². The molecule has 3 atom stereocenters. The summed E-state index contributed by atoms with van der Waals surface area (Å²) in [6.45, 7) is 0.0115. The van der Waals surface area contributed by atoms with Gasteiger partial charge in [0.05, 0.1) is 12.2 Å². The van der Waals surface area contributed by atoms with Crippen molar-refractivity contribution in [1.29, 1.82) is 0 Å². The number of aromatic nitrogens is 3. The molecular weight excluding hydrogens is 318 g/mol. The lowest BCUT2D eigenvalue weighted by Crippen LogP contribution is -2.38. The zero-order valence-electron chi connectivity index (χ0n) is 13.9. The molecule has 7 heteroatoms. The predicted molar refractivity (Wildman–Crippen MR) is 91.9 cm³/mol. The standard InChI is InChI=1S/C18H21N5O2/c24-17(9-20-18(25)16-8-12-1-2-13(16)7-12)22-14-3-5-15(6-4-14)23-11-19-10-21-23/h3-6,10-13,16H,1-2,7-9H2,(H,20,25)(H,22,24)/t12-,13-,16+/m0/s1. The fourth-order valence-corrected chi connectivity index (χ4v) is 4.11. The van der Waals surface area contributed by atoms with Crippen LogP contribution in [0.4, 0.5) is 5.69 Å². The highest BCUT2D eigenvalue weighted by atomic mass is 16.2. The zero-order valence-corrected chi connectivity index (χ0v) is 13.9. The van der Waals surface area contributed by atoms with Crippen molar-refractivity contribution in [3.8, 4) is 5.69 Å². The summed E-state index contributed by atoms with van der Waals surface area (Å²) >= 11 is 0. The molecule has 2 amide bonds. The number of benzene rings is 1. The van der Waals surface area contributed by atoms with Gasteiger partial charge in [-0.2, -0.15) is 5.10 Å². The van der Waals surface area contributed by atoms with Crippen LogP contribution in [0.25, 0.3) is 5.69 Å². The first kappa shape index (κ1) is 15.8. The van der Waals surface area contributed by atoms with E-state index in [-0.39, 0.29) is 24.3 Å². The molecule has 2 aliphatic carbocycles. The molecule has 0 saturated heterocycles. The fraction of sp³-hybridized carbons (Fsp3) is 0.444. The van der Waals surface area contributed by atoms with E-state index in [4.69, 9.17) is 0 Å². The highest BCUT2D eigenvalue weighted by Crippen LogP contribution is 2.48. The highest BCUT2D eigenvalue weighted by Gasteiger charge is 2.42. The summed E-state index contributed by atoms with van der Waals surface area (Å²) < 4.78 is 1.64. The molecule has 2 N–H and O–H groups in total. The Bertz CT molecular complexity index is 756. The average molecular weight is 339 g/mol. The number of amides is 2. The minimum atomic E-state index is -0.218. The van der Waals surface area contributed by atoms with Crippen molar-refractivity contribution in [2.45, 2.75) is 25.7 Å². The van der Waals surface area contributed by atoms with Gasteiger partial charge in [0.15, 0.2) is 0 Å². The number of hydrogen-bond acceptors (Lipinski definition) is 4. The van der Waals surface area contributed by atoms with Crippen molar-refractivity contribution in [3.63, 3.8) is 0 Å². The van der Waals surface area contributed by atoms with Crippen LogP contribution in [0, 0.1) is 17.8 Å². The summed E-state index contributed by atoms with van der Waals surface area (Å²) in [6.07, 6.45) is 7.67. The smallest absolute Gasteiger partial charge is 0.243 e. The molecule has 0 unspecified atom stereocenters. The molecule has 4 rings (SSSR count). The monoisotopic (exact) mass is 339 g/mol. The number of carbonyl (C=O) groups excluding carboxylic acids is 2. The molecule has 2 bridgehead atoms. The molecule has 1 aromatic carbocycles. The van der Waals surface area contributed by atoms with Gasteiger partial charge < -0.3 is 10.6 Å². The van der Waals surface area contributed by atoms with Gasteiger partial charge in [0.2, 0.25) is 11.8 Å². The van der Waals surface area contributed by atoms with E-state index in [2.05, 4.69) is 20.7 Å². The van der Waals surface area contributed by atoms with E-state index in [1.807, 2.05) is 12.1 Å². The van der Waals surface area contributed by atoms with Crippen LogP contribution in [0.15, 0.2) is 36.9 Å². The second-order valence-electron chi connectivity index (χ2n) is 6.93. The van der Waals surface area contributed by atoms with Crippen LogP contribution in [0.5, 0.6) is 0 Å². The number of fused-ring (bicyclic) bond motifs is 2. The van der Waals surface area contributed by atoms with E-state index in [0.29, 0.717) is 11.6 Å². The van der Waals surface area contributed by atoms with Gasteiger partial charge in [-0.3, -0.25) is 9.59 Å². The van der Waals surface area contributed by atoms with E-state index >= 15 is 0 Å². The van der Waals surface area contributed by atoms with E-state index in [0.717, 1.165) is 24.4 Å². The fourth-order valence-electron chi connectivity index (χ4n) is 4.11. The second-order valence-corrected chi connectivity index (χ2v) is 6.93. The third-order valence-corrected chi connectivity index (χ3v) is 5.33. The maximum Gasteiger partial charge on any atom is 0.243 e. The van der Waals surface area contributed by atoms with Crippen molar-refractivity contribution in [2.75, 3.05) is 11.9 Å². The summed E-state index contributed by atoms with van der Waals surface area (Å²) in [7, 11) is 0. The van der Waals surface area contributed by atoms with Gasteiger partial charge in [-0.1, -0.05) is 6.42 Å². The molecule has 2 aromatic rings. The quantitative estimate of drug-likeness (QED) is 0.869. The van der Waals surface area contributed by atoms with Gasteiger partial charge in [-0.05, 0) is 55.4 Å². The summed E-state index contributed by atoms with van der Waals surface area (Å²) in [4.78, 5) is 28.2. The molecule has 0 aliphatic heterocycles. The van der Waals surface area contributed by atoms with Crippen LogP contribution >= 0.6 is 0 Å². The van der Waals surface area contributed by atoms with Gasteiger partial charge in [0, 0.05) is 11.6 Å². The van der Waals surface area contributed by atoms with E-state index < -0.39 is 0 Å². The summed E-state index contributed by atoms with van der Waals surface area (Å²) in [6, 6.07) is 7.29. The lowest BCUT2D eigenvalue weighted by Gasteiger charge is -2.20. The largest absolute Gasteiger partial charge is 0.347 e. The molecule has 7 nitrogen and oxygen atoms in total. The molecule has 1 aromatic heterocycles. The van der Waals surface area contributed by atoms with Crippen molar-refractivity contribution in [1.82, 2.24) is 20.1 Å². The van der Waals surface area contributed by atoms with Gasteiger partial charge >= 0.3 is 0 Å². The Balaban J connectivity index is 1.27. The SMILES string of the molecule is O=C(CNC(=O)[C@@H]1C[C@H]2CC[C@H]1C2)Nc1ccc(-n2cncn2)cc1. The Morgan fingerprint density at radius 1 is 1.16 bits per heavy atom. The van der Waals surface area contributed by atoms with Crippen LogP contribution in [0.3, 0.4) is 0 Å². The summed E-state index contributed by atoms with van der Waals surface area (Å²) in [5, 5.41) is 9.64. The second kappa shape index (κ2) is 6.66. The third-order valence-electron chi connectivity index (χ3n) is 5.33. The lowest BCUT2D eigenvalue weighted by molar-refractivity contribution is -0.128. The first-order chi connectivity index (χ1) is 12.2. The molecule has 0 spiro atoms. The molecular formula is C18H21N5O2. The molecule has 0 radical (unpaired) electrons. The number of nitrogens with zero attached hydrogens (tertiary/aromatic N) is 3. The normalized spacial score (nSPS) is 24.2. The Labute approximate surface area is 145 Å². The van der Waals surface area contributed by atoms with Crippen molar-refractivity contribution >= 4 is 17.5 Å². The minimum absolute atomic E-state index is 0.0115. The first-order valence-corrected chi connectivity index (χ1v) is 8.71. The maximum absolute atomic E-state index is 12.3. The van der Waals surface area contributed by atoms with Gasteiger partial charge in [0.25, 0.3) is 0 Å².